The van der Waals surface area contributed by atoms with E-state index >= 15 is 0 Å². The first-order valence-corrected chi connectivity index (χ1v) is 13.1. The van der Waals surface area contributed by atoms with Crippen LogP contribution in [0.15, 0.2) is 10.3 Å². The molecule has 0 spiro atoms. The van der Waals surface area contributed by atoms with Crippen molar-refractivity contribution in [2.24, 2.45) is 10.3 Å². The minimum absolute atomic E-state index is 0.588. The zero-order valence-corrected chi connectivity index (χ0v) is 14.5. The molecule has 0 heterocycles. The highest BCUT2D eigenvalue weighted by atomic mass is 28.4. The molecule has 0 saturated carbocycles. The summed E-state index contributed by atoms with van der Waals surface area (Å²) in [6, 6.07) is 0. The molecule has 108 valence electrons. The molecular weight excluding hydrogens is 264 g/mol. The Morgan fingerprint density at radius 3 is 2.00 bits per heavy atom. The monoisotopic (exact) mass is 292 g/mol. The molecule has 0 aromatic heterocycles. The van der Waals surface area contributed by atoms with Gasteiger partial charge in [-0.05, 0) is 39.3 Å². The van der Waals surface area contributed by atoms with Crippen LogP contribution in [0.4, 0.5) is 0 Å². The van der Waals surface area contributed by atoms with Crippen molar-refractivity contribution in [3.63, 3.8) is 0 Å². The molecule has 0 aliphatic carbocycles. The van der Waals surface area contributed by atoms with Gasteiger partial charge in [0.25, 0.3) is 0 Å². The molecule has 0 fully saturated rings. The van der Waals surface area contributed by atoms with Crippen molar-refractivity contribution >= 4 is 16.6 Å². The summed E-state index contributed by atoms with van der Waals surface area (Å²) in [5, 5.41) is 7.72. The van der Waals surface area contributed by atoms with E-state index < -0.39 is 16.6 Å². The van der Waals surface area contributed by atoms with Crippen LogP contribution in [0.1, 0.15) is 0 Å². The molecule has 8 heteroatoms. The van der Waals surface area contributed by atoms with E-state index in [4.69, 9.17) is 8.85 Å². The average Bonchev–Trinajstić information content (AvgIpc) is 2.17. The zero-order chi connectivity index (χ0) is 14.1. The van der Waals surface area contributed by atoms with Crippen molar-refractivity contribution in [3.8, 4) is 0 Å². The van der Waals surface area contributed by atoms with Crippen molar-refractivity contribution < 1.29 is 8.85 Å². The second-order valence-electron chi connectivity index (χ2n) is 5.93. The number of hydrogen-bond donors (Lipinski definition) is 2. The molecule has 0 aliphatic rings. The van der Waals surface area contributed by atoms with E-state index in [1.807, 2.05) is 0 Å². The summed E-state index contributed by atoms with van der Waals surface area (Å²) in [6.07, 6.45) is 0. The van der Waals surface area contributed by atoms with Crippen LogP contribution in [0.2, 0.25) is 39.3 Å². The molecule has 0 amide bonds. The largest absolute Gasteiger partial charge is 0.416 e. The topological polar surface area (TPSA) is 67.2 Å². The summed E-state index contributed by atoms with van der Waals surface area (Å²) < 4.78 is 11.3. The number of nitrogens with one attached hydrogen (secondary N) is 2. The van der Waals surface area contributed by atoms with Crippen LogP contribution in [0.25, 0.3) is 0 Å². The van der Waals surface area contributed by atoms with Crippen molar-refractivity contribution in [2.75, 3.05) is 26.3 Å². The predicted octanol–water partition coefficient (Wildman–Crippen LogP) is 2.15. The summed E-state index contributed by atoms with van der Waals surface area (Å²) >= 11 is 0. The van der Waals surface area contributed by atoms with Crippen LogP contribution in [0.3, 0.4) is 0 Å². The van der Waals surface area contributed by atoms with Gasteiger partial charge in [-0.15, -0.1) is 0 Å². The van der Waals surface area contributed by atoms with Gasteiger partial charge in [0.05, 0.1) is 13.2 Å². The molecule has 18 heavy (non-hydrogen) atoms. The lowest BCUT2D eigenvalue weighted by atomic mass is 10.7. The molecular formula is C10H28N4O2Si2. The molecule has 2 N–H and O–H groups in total. The summed E-state index contributed by atoms with van der Waals surface area (Å²) in [6.45, 7) is 15.6. The van der Waals surface area contributed by atoms with Gasteiger partial charge >= 0.3 is 0 Å². The van der Waals surface area contributed by atoms with E-state index in [2.05, 4.69) is 60.6 Å². The fraction of sp³-hybridized carbons (Fsp3) is 1.00. The molecule has 0 aliphatic heterocycles. The molecule has 0 atom stereocenters. The van der Waals surface area contributed by atoms with Crippen molar-refractivity contribution in [3.05, 3.63) is 0 Å². The van der Waals surface area contributed by atoms with Crippen LogP contribution in [-0.2, 0) is 8.85 Å². The van der Waals surface area contributed by atoms with Crippen LogP contribution in [-0.4, -0.2) is 42.9 Å². The van der Waals surface area contributed by atoms with E-state index in [1.54, 1.807) is 0 Å². The Labute approximate surface area is 113 Å². The van der Waals surface area contributed by atoms with Gasteiger partial charge in [0.1, 0.15) is 0 Å². The van der Waals surface area contributed by atoms with Gasteiger partial charge in [0.2, 0.25) is 0 Å². The predicted molar refractivity (Wildman–Crippen MR) is 79.5 cm³/mol. The number of nitrogens with zero attached hydrogens (tertiary/aromatic N) is 2. The summed E-state index contributed by atoms with van der Waals surface area (Å²) in [5.41, 5.74) is 5.59. The van der Waals surface area contributed by atoms with E-state index in [-0.39, 0.29) is 0 Å². The van der Waals surface area contributed by atoms with Gasteiger partial charge in [-0.1, -0.05) is 5.22 Å². The Kier molecular flexibility index (Phi) is 8.61. The Morgan fingerprint density at radius 1 is 0.889 bits per heavy atom. The summed E-state index contributed by atoms with van der Waals surface area (Å²) in [7, 11) is -2.81. The Morgan fingerprint density at radius 2 is 1.44 bits per heavy atom. The first-order chi connectivity index (χ1) is 8.21. The molecule has 0 saturated heterocycles. The van der Waals surface area contributed by atoms with Gasteiger partial charge < -0.3 is 8.85 Å². The van der Waals surface area contributed by atoms with E-state index in [9.17, 15) is 0 Å². The van der Waals surface area contributed by atoms with Crippen LogP contribution in [0, 0.1) is 0 Å². The molecule has 0 aromatic carbocycles. The third kappa shape index (κ3) is 15.7. The van der Waals surface area contributed by atoms with Crippen molar-refractivity contribution in [1.82, 2.24) is 11.0 Å². The lowest BCUT2D eigenvalue weighted by molar-refractivity contribution is 0.296. The minimum atomic E-state index is -1.41. The first-order valence-electron chi connectivity index (χ1n) is 6.33. The fourth-order valence-corrected chi connectivity index (χ4v) is 2.40. The van der Waals surface area contributed by atoms with Gasteiger partial charge in [0.15, 0.2) is 16.6 Å². The van der Waals surface area contributed by atoms with Crippen LogP contribution >= 0.6 is 0 Å². The summed E-state index contributed by atoms with van der Waals surface area (Å²) in [4.78, 5) is 0. The van der Waals surface area contributed by atoms with Gasteiger partial charge in [-0.2, -0.15) is 5.11 Å². The number of rotatable bonds is 10. The smallest absolute Gasteiger partial charge is 0.183 e. The van der Waals surface area contributed by atoms with E-state index in [0.717, 1.165) is 0 Å². The normalized spacial score (nSPS) is 13.2. The third-order valence-electron chi connectivity index (χ3n) is 1.69. The molecule has 0 radical (unpaired) electrons. The maximum absolute atomic E-state index is 5.66. The molecule has 6 nitrogen and oxygen atoms in total. The zero-order valence-electron chi connectivity index (χ0n) is 12.5. The molecule has 0 bridgehead atoms. The fourth-order valence-electron chi connectivity index (χ4n) is 0.978. The average molecular weight is 293 g/mol. The molecule has 0 rings (SSSR count). The highest BCUT2D eigenvalue weighted by Crippen LogP contribution is 2.01. The van der Waals surface area contributed by atoms with Gasteiger partial charge in [-0.25, -0.2) is 11.0 Å². The first kappa shape index (κ1) is 17.7. The number of hydrogen-bond acceptors (Lipinski definition) is 5. The highest BCUT2D eigenvalue weighted by molar-refractivity contribution is 6.70. The SMILES string of the molecule is C[Si](C)(C)OCCN=NNNCCO[Si](C)(C)C. The standard InChI is InChI=1S/C10H28N4O2Si2/c1-17(2,3)15-9-7-11-13-14-12-8-10-16-18(4,5)6/h7-10H2,1-6H3,(H,11,14)(H,12,13). The minimum Gasteiger partial charge on any atom is -0.416 e. The van der Waals surface area contributed by atoms with Gasteiger partial charge in [0, 0.05) is 13.2 Å². The van der Waals surface area contributed by atoms with E-state index in [0.29, 0.717) is 26.3 Å². The van der Waals surface area contributed by atoms with Crippen molar-refractivity contribution in [1.29, 1.82) is 0 Å². The van der Waals surface area contributed by atoms with E-state index in [1.165, 1.54) is 0 Å². The Hall–Kier alpha value is -0.286. The summed E-state index contributed by atoms with van der Waals surface area (Å²) in [5.74, 6) is 0. The highest BCUT2D eigenvalue weighted by Gasteiger charge is 2.13. The second-order valence-corrected chi connectivity index (χ2v) is 15.0. The Bertz CT molecular complexity index is 239. The Balaban J connectivity index is 3.29. The maximum atomic E-state index is 5.66. The molecule has 0 aromatic rings. The molecule has 0 unspecified atom stereocenters. The quantitative estimate of drug-likeness (QED) is 0.280. The number of hydrazine groups is 1. The van der Waals surface area contributed by atoms with Crippen molar-refractivity contribution in [2.45, 2.75) is 39.3 Å². The van der Waals surface area contributed by atoms with Crippen LogP contribution < -0.4 is 11.0 Å². The van der Waals surface area contributed by atoms with Gasteiger partial charge in [-0.3, -0.25) is 0 Å². The second kappa shape index (κ2) is 8.75. The lowest BCUT2D eigenvalue weighted by Gasteiger charge is -2.16. The van der Waals surface area contributed by atoms with Crippen LogP contribution in [0.5, 0.6) is 0 Å². The third-order valence-corrected chi connectivity index (χ3v) is 3.83. The lowest BCUT2D eigenvalue weighted by Crippen LogP contribution is -2.34. The maximum Gasteiger partial charge on any atom is 0.183 e.